The molecule has 1 aromatic heterocycles. The first-order valence-corrected chi connectivity index (χ1v) is 7.97. The number of hydrogen-bond donors (Lipinski definition) is 1. The average Bonchev–Trinajstić information content (AvgIpc) is 2.49. The molecule has 1 N–H and O–H groups in total. The van der Waals surface area contributed by atoms with Crippen molar-refractivity contribution in [3.63, 3.8) is 0 Å². The molecule has 0 aliphatic heterocycles. The Labute approximate surface area is 133 Å². The van der Waals surface area contributed by atoms with E-state index in [0.717, 1.165) is 29.8 Å². The molecule has 0 saturated carbocycles. The average molecular weight is 298 g/mol. The van der Waals surface area contributed by atoms with E-state index in [9.17, 15) is 4.79 Å². The Bertz CT molecular complexity index is 669. The van der Waals surface area contributed by atoms with Crippen LogP contribution in [0.2, 0.25) is 0 Å². The molecule has 0 amide bonds. The zero-order chi connectivity index (χ0) is 16.1. The zero-order valence-corrected chi connectivity index (χ0v) is 14.0. The van der Waals surface area contributed by atoms with Crippen molar-refractivity contribution < 1.29 is 0 Å². The third kappa shape index (κ3) is 3.86. The van der Waals surface area contributed by atoms with Crippen LogP contribution in [0, 0.1) is 12.8 Å². The van der Waals surface area contributed by atoms with Gasteiger partial charge in [0.25, 0.3) is 5.56 Å². The monoisotopic (exact) mass is 298 g/mol. The van der Waals surface area contributed by atoms with Crippen LogP contribution in [0.4, 0.5) is 0 Å². The predicted molar refractivity (Wildman–Crippen MR) is 93.1 cm³/mol. The second-order valence-corrected chi connectivity index (χ2v) is 6.28. The van der Waals surface area contributed by atoms with E-state index in [-0.39, 0.29) is 5.56 Å². The van der Waals surface area contributed by atoms with Gasteiger partial charge in [0.2, 0.25) is 0 Å². The molecule has 0 aliphatic rings. The maximum atomic E-state index is 12.8. The van der Waals surface area contributed by atoms with Crippen molar-refractivity contribution >= 4 is 0 Å². The number of aryl methyl sites for hydroxylation is 1. The minimum atomic E-state index is 0.119. The van der Waals surface area contributed by atoms with E-state index in [1.807, 2.05) is 17.7 Å². The lowest BCUT2D eigenvalue weighted by Gasteiger charge is -2.16. The molecular weight excluding hydrogens is 272 g/mol. The Hall–Kier alpha value is -1.87. The van der Waals surface area contributed by atoms with Crippen molar-refractivity contribution in [2.45, 2.75) is 40.3 Å². The van der Waals surface area contributed by atoms with E-state index < -0.39 is 0 Å². The van der Waals surface area contributed by atoms with E-state index in [1.165, 1.54) is 5.56 Å². The van der Waals surface area contributed by atoms with E-state index in [2.05, 4.69) is 56.4 Å². The molecule has 0 atom stereocenters. The molecule has 2 aromatic rings. The molecule has 118 valence electrons. The van der Waals surface area contributed by atoms with Crippen LogP contribution in [-0.2, 0) is 13.1 Å². The molecule has 0 spiro atoms. The van der Waals surface area contributed by atoms with Gasteiger partial charge in [0.1, 0.15) is 0 Å². The first-order valence-electron chi connectivity index (χ1n) is 7.97. The number of hydrogen-bond acceptors (Lipinski definition) is 2. The Morgan fingerprint density at radius 2 is 1.77 bits per heavy atom. The summed E-state index contributed by atoms with van der Waals surface area (Å²) in [4.78, 5) is 12.8. The number of nitrogens with one attached hydrogen (secondary N) is 1. The van der Waals surface area contributed by atoms with Gasteiger partial charge in [-0.2, -0.15) is 0 Å². The molecule has 0 fully saturated rings. The second kappa shape index (κ2) is 7.41. The number of nitrogens with zero attached hydrogens (tertiary/aromatic N) is 1. The summed E-state index contributed by atoms with van der Waals surface area (Å²) in [5, 5.41) is 3.07. The summed E-state index contributed by atoms with van der Waals surface area (Å²) in [7, 11) is 1.87. The third-order valence-corrected chi connectivity index (χ3v) is 3.90. The van der Waals surface area contributed by atoms with Crippen molar-refractivity contribution in [3.8, 4) is 11.3 Å². The minimum absolute atomic E-state index is 0.119. The van der Waals surface area contributed by atoms with Gasteiger partial charge >= 0.3 is 0 Å². The van der Waals surface area contributed by atoms with Crippen molar-refractivity contribution in [1.29, 1.82) is 0 Å². The summed E-state index contributed by atoms with van der Waals surface area (Å²) < 4.78 is 1.93. The van der Waals surface area contributed by atoms with Gasteiger partial charge in [0.05, 0.1) is 5.69 Å². The van der Waals surface area contributed by atoms with E-state index >= 15 is 0 Å². The summed E-state index contributed by atoms with van der Waals surface area (Å²) in [5.74, 6) is 0.575. The molecule has 0 radical (unpaired) electrons. The smallest absolute Gasteiger partial charge is 0.255 e. The quantitative estimate of drug-likeness (QED) is 0.884. The Balaban J connectivity index is 2.49. The van der Waals surface area contributed by atoms with Gasteiger partial charge in [-0.15, -0.1) is 0 Å². The second-order valence-electron chi connectivity index (χ2n) is 6.28. The van der Waals surface area contributed by atoms with E-state index in [1.54, 1.807) is 0 Å². The Kier molecular flexibility index (Phi) is 5.56. The lowest BCUT2D eigenvalue weighted by molar-refractivity contribution is 0.508. The van der Waals surface area contributed by atoms with E-state index in [4.69, 9.17) is 0 Å². The van der Waals surface area contributed by atoms with Crippen LogP contribution in [0.5, 0.6) is 0 Å². The summed E-state index contributed by atoms with van der Waals surface area (Å²) >= 11 is 0. The zero-order valence-electron chi connectivity index (χ0n) is 14.0. The molecule has 1 heterocycles. The summed E-state index contributed by atoms with van der Waals surface area (Å²) in [6.07, 6.45) is 1.00. The number of rotatable bonds is 6. The number of benzene rings is 1. The largest absolute Gasteiger partial charge is 0.315 e. The van der Waals surface area contributed by atoms with Crippen molar-refractivity contribution in [3.05, 3.63) is 57.9 Å². The summed E-state index contributed by atoms with van der Waals surface area (Å²) in [6.45, 7) is 7.82. The first kappa shape index (κ1) is 16.5. The fraction of sp³-hybridized carbons (Fsp3) is 0.421. The highest BCUT2D eigenvalue weighted by atomic mass is 16.1. The number of pyridine rings is 1. The highest BCUT2D eigenvalue weighted by Gasteiger charge is 2.10. The molecule has 2 rings (SSSR count). The fourth-order valence-corrected chi connectivity index (χ4v) is 2.53. The van der Waals surface area contributed by atoms with Gasteiger partial charge in [-0.3, -0.25) is 4.79 Å². The molecule has 22 heavy (non-hydrogen) atoms. The first-order chi connectivity index (χ1) is 10.5. The lowest BCUT2D eigenvalue weighted by Crippen LogP contribution is -2.27. The van der Waals surface area contributed by atoms with E-state index in [0.29, 0.717) is 12.5 Å². The Morgan fingerprint density at radius 1 is 1.09 bits per heavy atom. The Morgan fingerprint density at radius 3 is 2.36 bits per heavy atom. The maximum absolute atomic E-state index is 12.8. The van der Waals surface area contributed by atoms with Crippen molar-refractivity contribution in [1.82, 2.24) is 9.88 Å². The van der Waals surface area contributed by atoms with Crippen LogP contribution in [-0.4, -0.2) is 11.6 Å². The number of aromatic nitrogens is 1. The molecule has 0 bridgehead atoms. The SMILES string of the molecule is CNCc1ccc(-c2ccc(C)cc2)n(CCC(C)C)c1=O. The fourth-order valence-electron chi connectivity index (χ4n) is 2.53. The third-order valence-electron chi connectivity index (χ3n) is 3.90. The van der Waals surface area contributed by atoms with Gasteiger partial charge in [0, 0.05) is 18.7 Å². The van der Waals surface area contributed by atoms with Gasteiger partial charge in [-0.25, -0.2) is 0 Å². The predicted octanol–water partition coefficient (Wildman–Crippen LogP) is 3.59. The molecule has 1 aromatic carbocycles. The minimum Gasteiger partial charge on any atom is -0.315 e. The summed E-state index contributed by atoms with van der Waals surface area (Å²) in [5.41, 5.74) is 4.27. The van der Waals surface area contributed by atoms with Crippen LogP contribution >= 0.6 is 0 Å². The van der Waals surface area contributed by atoms with Crippen LogP contribution in [0.3, 0.4) is 0 Å². The van der Waals surface area contributed by atoms with Gasteiger partial charge < -0.3 is 9.88 Å². The molecular formula is C19H26N2O. The van der Waals surface area contributed by atoms with Gasteiger partial charge in [-0.1, -0.05) is 49.7 Å². The van der Waals surface area contributed by atoms with Crippen molar-refractivity contribution in [2.75, 3.05) is 7.05 Å². The topological polar surface area (TPSA) is 34.0 Å². The molecule has 0 saturated heterocycles. The van der Waals surface area contributed by atoms with Crippen LogP contribution < -0.4 is 10.9 Å². The highest BCUT2D eigenvalue weighted by molar-refractivity contribution is 5.60. The van der Waals surface area contributed by atoms with Crippen LogP contribution in [0.15, 0.2) is 41.2 Å². The van der Waals surface area contributed by atoms with Crippen LogP contribution in [0.1, 0.15) is 31.4 Å². The maximum Gasteiger partial charge on any atom is 0.255 e. The summed E-state index contributed by atoms with van der Waals surface area (Å²) in [6, 6.07) is 12.4. The van der Waals surface area contributed by atoms with Gasteiger partial charge in [-0.05, 0) is 37.9 Å². The standard InChI is InChI=1S/C19H26N2O/c1-14(2)11-12-21-18(16-7-5-15(3)6-8-16)10-9-17(13-20-4)19(21)22/h5-10,14,20H,11-13H2,1-4H3. The van der Waals surface area contributed by atoms with Crippen LogP contribution in [0.25, 0.3) is 11.3 Å². The lowest BCUT2D eigenvalue weighted by atomic mass is 10.1. The highest BCUT2D eigenvalue weighted by Crippen LogP contribution is 2.20. The molecule has 3 nitrogen and oxygen atoms in total. The van der Waals surface area contributed by atoms with Crippen molar-refractivity contribution in [2.24, 2.45) is 5.92 Å². The molecule has 0 aliphatic carbocycles. The molecule has 0 unspecified atom stereocenters. The molecule has 3 heteroatoms. The normalized spacial score (nSPS) is 11.1. The van der Waals surface area contributed by atoms with Gasteiger partial charge in [0.15, 0.2) is 0 Å².